The molecule has 4 atom stereocenters. The van der Waals surface area contributed by atoms with Gasteiger partial charge in [-0.2, -0.15) is 11.8 Å². The van der Waals surface area contributed by atoms with Crippen LogP contribution in [0.1, 0.15) is 26.2 Å². The minimum absolute atomic E-state index is 0.418. The predicted molar refractivity (Wildman–Crippen MR) is 52.3 cm³/mol. The first-order valence-corrected chi connectivity index (χ1v) is 6.04. The van der Waals surface area contributed by atoms with Crippen molar-refractivity contribution >= 4 is 17.5 Å². The second-order valence-corrected chi connectivity index (χ2v) is 5.31. The number of Topliss-reactive ketones (excluding diaryl/α,β-unsaturated/α-hetero) is 1. The van der Waals surface area contributed by atoms with Crippen LogP contribution >= 0.6 is 11.8 Å². The summed E-state index contributed by atoms with van der Waals surface area (Å²) < 4.78 is 0. The van der Waals surface area contributed by atoms with E-state index >= 15 is 0 Å². The lowest BCUT2D eigenvalue weighted by molar-refractivity contribution is -0.122. The summed E-state index contributed by atoms with van der Waals surface area (Å²) in [6, 6.07) is 0. The van der Waals surface area contributed by atoms with Gasteiger partial charge in [0.05, 0.1) is 0 Å². The van der Waals surface area contributed by atoms with Gasteiger partial charge in [-0.15, -0.1) is 0 Å². The van der Waals surface area contributed by atoms with Crippen LogP contribution in [0.15, 0.2) is 0 Å². The van der Waals surface area contributed by atoms with Crippen LogP contribution in [0, 0.1) is 17.8 Å². The molecule has 2 bridgehead atoms. The number of rotatable bonds is 2. The summed E-state index contributed by atoms with van der Waals surface area (Å²) in [7, 11) is 0. The van der Waals surface area contributed by atoms with Gasteiger partial charge in [0.25, 0.3) is 0 Å². The van der Waals surface area contributed by atoms with E-state index in [1.54, 1.807) is 6.92 Å². The van der Waals surface area contributed by atoms with Crippen molar-refractivity contribution < 1.29 is 4.79 Å². The van der Waals surface area contributed by atoms with Gasteiger partial charge in [0.15, 0.2) is 0 Å². The summed E-state index contributed by atoms with van der Waals surface area (Å²) in [5.41, 5.74) is 0. The molecule has 0 saturated heterocycles. The summed E-state index contributed by atoms with van der Waals surface area (Å²) in [4.78, 5) is 11.3. The fraction of sp³-hybridized carbons (Fsp3) is 0.900. The van der Waals surface area contributed by atoms with E-state index in [-0.39, 0.29) is 0 Å². The molecule has 1 nitrogen and oxygen atoms in total. The van der Waals surface area contributed by atoms with E-state index in [4.69, 9.17) is 0 Å². The van der Waals surface area contributed by atoms with Crippen LogP contribution in [0.25, 0.3) is 0 Å². The minimum atomic E-state index is 0.418. The first kappa shape index (κ1) is 8.61. The summed E-state index contributed by atoms with van der Waals surface area (Å²) in [5, 5.41) is 0.789. The Kier molecular flexibility index (Phi) is 2.19. The standard InChI is InChI=1S/C10H16OS/c1-6(11)8-3-7-4-9(8)10(5-7)12-2/h7-10H,3-5H2,1-2H3/t7-,8+,9+,10+/m0/s1. The average molecular weight is 184 g/mol. The minimum Gasteiger partial charge on any atom is -0.300 e. The Morgan fingerprint density at radius 1 is 1.33 bits per heavy atom. The van der Waals surface area contributed by atoms with Crippen LogP contribution in [0.4, 0.5) is 0 Å². The van der Waals surface area contributed by atoms with Crippen molar-refractivity contribution in [3.05, 3.63) is 0 Å². The van der Waals surface area contributed by atoms with Crippen LogP contribution in [-0.4, -0.2) is 17.3 Å². The number of carbonyl (C=O) groups is 1. The molecule has 2 aliphatic carbocycles. The first-order valence-electron chi connectivity index (χ1n) is 4.75. The van der Waals surface area contributed by atoms with Gasteiger partial charge in [-0.25, -0.2) is 0 Å². The van der Waals surface area contributed by atoms with E-state index in [0.717, 1.165) is 17.1 Å². The molecule has 0 aromatic carbocycles. The van der Waals surface area contributed by atoms with Crippen molar-refractivity contribution in [3.63, 3.8) is 0 Å². The molecule has 2 rings (SSSR count). The number of ketones is 1. The highest BCUT2D eigenvalue weighted by atomic mass is 32.2. The Hall–Kier alpha value is 0.0200. The third-order valence-corrected chi connectivity index (χ3v) is 4.73. The zero-order chi connectivity index (χ0) is 8.72. The molecule has 0 radical (unpaired) electrons. The molecule has 0 spiro atoms. The Labute approximate surface area is 78.3 Å². The smallest absolute Gasteiger partial charge is 0.133 e. The molecular weight excluding hydrogens is 168 g/mol. The summed E-state index contributed by atoms with van der Waals surface area (Å²) in [6.45, 7) is 1.77. The highest BCUT2D eigenvalue weighted by Gasteiger charge is 2.47. The molecule has 0 unspecified atom stereocenters. The molecular formula is C10H16OS. The molecule has 68 valence electrons. The monoisotopic (exact) mass is 184 g/mol. The van der Waals surface area contributed by atoms with Crippen molar-refractivity contribution in [1.29, 1.82) is 0 Å². The molecule has 0 aromatic rings. The van der Waals surface area contributed by atoms with Crippen LogP contribution in [-0.2, 0) is 4.79 Å². The normalized spacial score (nSPS) is 45.2. The highest BCUT2D eigenvalue weighted by Crippen LogP contribution is 2.52. The van der Waals surface area contributed by atoms with Gasteiger partial charge in [0.1, 0.15) is 5.78 Å². The zero-order valence-electron chi connectivity index (χ0n) is 7.75. The van der Waals surface area contributed by atoms with E-state index in [9.17, 15) is 4.79 Å². The molecule has 0 amide bonds. The van der Waals surface area contributed by atoms with Crippen LogP contribution in [0.5, 0.6) is 0 Å². The Morgan fingerprint density at radius 2 is 2.08 bits per heavy atom. The van der Waals surface area contributed by atoms with E-state index in [1.807, 2.05) is 11.8 Å². The Bertz CT molecular complexity index is 202. The van der Waals surface area contributed by atoms with Gasteiger partial charge in [0.2, 0.25) is 0 Å². The van der Waals surface area contributed by atoms with Gasteiger partial charge >= 0.3 is 0 Å². The summed E-state index contributed by atoms with van der Waals surface area (Å²) in [6.07, 6.45) is 6.07. The van der Waals surface area contributed by atoms with Gasteiger partial charge < -0.3 is 0 Å². The maximum absolute atomic E-state index is 11.3. The predicted octanol–water partition coefficient (Wildman–Crippen LogP) is 2.35. The second-order valence-electron chi connectivity index (χ2n) is 4.23. The lowest BCUT2D eigenvalue weighted by Crippen LogP contribution is -2.26. The van der Waals surface area contributed by atoms with Crippen molar-refractivity contribution in [2.75, 3.05) is 6.26 Å². The van der Waals surface area contributed by atoms with Crippen LogP contribution in [0.3, 0.4) is 0 Å². The lowest BCUT2D eigenvalue weighted by atomic mass is 9.86. The maximum Gasteiger partial charge on any atom is 0.133 e. The Morgan fingerprint density at radius 3 is 2.58 bits per heavy atom. The third-order valence-electron chi connectivity index (χ3n) is 3.58. The fourth-order valence-electron chi connectivity index (χ4n) is 3.02. The largest absolute Gasteiger partial charge is 0.300 e. The average Bonchev–Trinajstić information content (AvgIpc) is 2.60. The molecule has 0 N–H and O–H groups in total. The third kappa shape index (κ3) is 1.20. The molecule has 0 heterocycles. The number of fused-ring (bicyclic) bond motifs is 2. The van der Waals surface area contributed by atoms with Crippen molar-refractivity contribution in [1.82, 2.24) is 0 Å². The number of carbonyl (C=O) groups excluding carboxylic acids is 1. The Balaban J connectivity index is 2.09. The van der Waals surface area contributed by atoms with Gasteiger partial charge in [-0.3, -0.25) is 4.79 Å². The highest BCUT2D eigenvalue weighted by molar-refractivity contribution is 7.99. The fourth-order valence-corrected chi connectivity index (χ4v) is 4.14. The van der Waals surface area contributed by atoms with Crippen molar-refractivity contribution in [3.8, 4) is 0 Å². The van der Waals surface area contributed by atoms with E-state index in [0.29, 0.717) is 11.7 Å². The summed E-state index contributed by atoms with van der Waals surface area (Å²) >= 11 is 1.96. The maximum atomic E-state index is 11.3. The van der Waals surface area contributed by atoms with Crippen LogP contribution in [0.2, 0.25) is 0 Å². The topological polar surface area (TPSA) is 17.1 Å². The molecule has 0 aliphatic heterocycles. The van der Waals surface area contributed by atoms with Gasteiger partial charge in [0, 0.05) is 11.2 Å². The van der Waals surface area contributed by atoms with Crippen molar-refractivity contribution in [2.45, 2.75) is 31.4 Å². The number of thioether (sulfide) groups is 1. The van der Waals surface area contributed by atoms with Gasteiger partial charge in [-0.05, 0) is 44.3 Å². The molecule has 2 saturated carbocycles. The molecule has 2 heteroatoms. The summed E-state index contributed by atoms with van der Waals surface area (Å²) in [5.74, 6) is 2.45. The quantitative estimate of drug-likeness (QED) is 0.655. The first-order chi connectivity index (χ1) is 5.72. The van der Waals surface area contributed by atoms with E-state index in [1.165, 1.54) is 19.3 Å². The van der Waals surface area contributed by atoms with Crippen molar-refractivity contribution in [2.24, 2.45) is 17.8 Å². The second kappa shape index (κ2) is 3.06. The molecule has 12 heavy (non-hydrogen) atoms. The number of hydrogen-bond donors (Lipinski definition) is 0. The SMILES string of the molecule is CS[C@@H]1C[C@@H]2C[C@@H]1[C@@H](C(C)=O)C2. The molecule has 2 aliphatic rings. The van der Waals surface area contributed by atoms with E-state index < -0.39 is 0 Å². The van der Waals surface area contributed by atoms with E-state index in [2.05, 4.69) is 6.26 Å². The lowest BCUT2D eigenvalue weighted by Gasteiger charge is -2.26. The van der Waals surface area contributed by atoms with Gasteiger partial charge in [-0.1, -0.05) is 0 Å². The number of hydrogen-bond acceptors (Lipinski definition) is 2. The molecule has 0 aromatic heterocycles. The van der Waals surface area contributed by atoms with Crippen LogP contribution < -0.4 is 0 Å². The molecule has 2 fully saturated rings. The zero-order valence-corrected chi connectivity index (χ0v) is 8.56.